The van der Waals surface area contributed by atoms with Crippen LogP contribution in [0.1, 0.15) is 79.2 Å². The summed E-state index contributed by atoms with van der Waals surface area (Å²) in [6.07, 6.45) is 4.99. The Hall–Kier alpha value is -2.82. The monoisotopic (exact) mass is 411 g/mol. The van der Waals surface area contributed by atoms with Crippen LogP contribution in [0.4, 0.5) is 5.69 Å². The number of esters is 1. The van der Waals surface area contributed by atoms with E-state index in [0.29, 0.717) is 17.7 Å². The Labute approximate surface area is 179 Å². The van der Waals surface area contributed by atoms with Gasteiger partial charge in [-0.25, -0.2) is 4.79 Å². The molecule has 0 heterocycles. The van der Waals surface area contributed by atoms with Gasteiger partial charge in [0.1, 0.15) is 5.75 Å². The maximum absolute atomic E-state index is 13.4. The maximum atomic E-state index is 13.4. The highest BCUT2D eigenvalue weighted by atomic mass is 16.5. The summed E-state index contributed by atoms with van der Waals surface area (Å²) in [6.45, 7) is 8.10. The zero-order valence-electron chi connectivity index (χ0n) is 18.3. The Morgan fingerprint density at radius 2 is 1.67 bits per heavy atom. The van der Waals surface area contributed by atoms with Crippen LogP contribution in [0.15, 0.2) is 42.5 Å². The second-order valence-corrected chi connectivity index (χ2v) is 7.35. The first-order valence-electron chi connectivity index (χ1n) is 10.9. The third kappa shape index (κ3) is 6.09. The topological polar surface area (TPSA) is 66.8 Å². The minimum atomic E-state index is -0.469. The molecule has 2 aromatic carbocycles. The van der Waals surface area contributed by atoms with E-state index in [4.69, 9.17) is 4.74 Å². The quantitative estimate of drug-likeness (QED) is 0.280. The number of hydrogen-bond acceptors (Lipinski definition) is 5. The van der Waals surface area contributed by atoms with E-state index in [-0.39, 0.29) is 17.1 Å². The van der Waals surface area contributed by atoms with Crippen molar-refractivity contribution in [2.75, 3.05) is 24.6 Å². The van der Waals surface area contributed by atoms with Crippen molar-refractivity contribution in [1.82, 2.24) is 0 Å². The van der Waals surface area contributed by atoms with Crippen molar-refractivity contribution in [2.45, 2.75) is 52.9 Å². The fraction of sp³-hybridized carbons (Fsp3) is 0.440. The van der Waals surface area contributed by atoms with Gasteiger partial charge in [-0.3, -0.25) is 4.79 Å². The molecule has 0 atom stereocenters. The van der Waals surface area contributed by atoms with Crippen LogP contribution in [0.2, 0.25) is 0 Å². The lowest BCUT2D eigenvalue weighted by atomic mass is 9.95. The summed E-state index contributed by atoms with van der Waals surface area (Å²) in [5.74, 6) is -0.631. The molecule has 162 valence electrons. The molecule has 0 aliphatic carbocycles. The van der Waals surface area contributed by atoms with Gasteiger partial charge in [-0.05, 0) is 56.2 Å². The molecule has 0 bridgehead atoms. The summed E-state index contributed by atoms with van der Waals surface area (Å²) >= 11 is 0. The maximum Gasteiger partial charge on any atom is 0.338 e. The molecular formula is C25H33NO4. The van der Waals surface area contributed by atoms with Gasteiger partial charge in [0.05, 0.1) is 17.7 Å². The molecule has 0 unspecified atom stereocenters. The van der Waals surface area contributed by atoms with Crippen LogP contribution >= 0.6 is 0 Å². The van der Waals surface area contributed by atoms with Crippen molar-refractivity contribution < 1.29 is 19.4 Å². The van der Waals surface area contributed by atoms with E-state index < -0.39 is 5.97 Å². The molecule has 2 rings (SSSR count). The van der Waals surface area contributed by atoms with Crippen molar-refractivity contribution >= 4 is 17.4 Å². The van der Waals surface area contributed by atoms with Crippen LogP contribution in [-0.2, 0) is 4.74 Å². The first-order valence-corrected chi connectivity index (χ1v) is 10.9. The number of carbonyl (C=O) groups excluding carboxylic acids is 2. The van der Waals surface area contributed by atoms with Crippen molar-refractivity contribution in [3.8, 4) is 5.75 Å². The number of phenols is 1. The number of rotatable bonds is 12. The van der Waals surface area contributed by atoms with E-state index in [1.165, 1.54) is 12.1 Å². The van der Waals surface area contributed by atoms with E-state index in [1.54, 1.807) is 24.3 Å². The summed E-state index contributed by atoms with van der Waals surface area (Å²) in [5.41, 5.74) is 1.80. The minimum absolute atomic E-state index is 0.0905. The van der Waals surface area contributed by atoms with Gasteiger partial charge in [0, 0.05) is 24.3 Å². The molecule has 5 nitrogen and oxygen atoms in total. The largest absolute Gasteiger partial charge is 0.508 e. The number of anilines is 1. The fourth-order valence-corrected chi connectivity index (χ4v) is 3.46. The van der Waals surface area contributed by atoms with E-state index in [1.807, 2.05) is 13.0 Å². The van der Waals surface area contributed by atoms with Crippen LogP contribution < -0.4 is 4.90 Å². The minimum Gasteiger partial charge on any atom is -0.508 e. The molecule has 1 N–H and O–H groups in total. The molecule has 0 saturated carbocycles. The highest BCUT2D eigenvalue weighted by Crippen LogP contribution is 2.28. The Bertz CT molecular complexity index is 830. The van der Waals surface area contributed by atoms with Crippen molar-refractivity contribution in [1.29, 1.82) is 0 Å². The molecule has 0 fully saturated rings. The first kappa shape index (κ1) is 23.5. The summed E-state index contributed by atoms with van der Waals surface area (Å²) in [4.78, 5) is 28.4. The van der Waals surface area contributed by atoms with E-state index in [2.05, 4.69) is 18.7 Å². The number of ether oxygens (including phenoxy) is 1. The van der Waals surface area contributed by atoms with Crippen molar-refractivity contribution in [3.63, 3.8) is 0 Å². The number of hydrogen-bond donors (Lipinski definition) is 1. The van der Waals surface area contributed by atoms with Gasteiger partial charge in [-0.15, -0.1) is 0 Å². The lowest BCUT2D eigenvalue weighted by Crippen LogP contribution is -2.27. The molecule has 0 radical (unpaired) electrons. The summed E-state index contributed by atoms with van der Waals surface area (Å²) in [6, 6.07) is 11.4. The number of nitrogens with zero attached hydrogens (tertiary/aromatic N) is 1. The van der Waals surface area contributed by atoms with Crippen LogP contribution in [0.5, 0.6) is 5.75 Å². The van der Waals surface area contributed by atoms with Crippen molar-refractivity contribution in [2.24, 2.45) is 0 Å². The normalized spacial score (nSPS) is 10.6. The Kier molecular flexibility index (Phi) is 9.39. The van der Waals surface area contributed by atoms with Gasteiger partial charge >= 0.3 is 5.97 Å². The number of carbonyl (C=O) groups is 2. The van der Waals surface area contributed by atoms with Gasteiger partial charge < -0.3 is 14.7 Å². The Morgan fingerprint density at radius 3 is 2.30 bits per heavy atom. The molecule has 0 aliphatic heterocycles. The van der Waals surface area contributed by atoms with Crippen LogP contribution in [-0.4, -0.2) is 36.6 Å². The first-order chi connectivity index (χ1) is 14.5. The second-order valence-electron chi connectivity index (χ2n) is 7.35. The fourth-order valence-electron chi connectivity index (χ4n) is 3.46. The Balaban J connectivity index is 2.41. The second kappa shape index (κ2) is 12.0. The van der Waals surface area contributed by atoms with Crippen LogP contribution in [0.25, 0.3) is 0 Å². The third-order valence-electron chi connectivity index (χ3n) is 5.07. The number of unbranched alkanes of at least 4 members (excludes halogenated alkanes) is 3. The number of phenolic OH excluding ortho intramolecular Hbond substituents is 1. The number of ketones is 1. The standard InChI is InChI=1S/C25H33NO4/c1-4-7-8-9-18-30-25(29)21-11-10-12-22(26(6-3)17-5-2)23(21)24(28)19-13-15-20(27)16-14-19/h10-16,27H,4-9,17-18H2,1-3H3. The average Bonchev–Trinajstić information content (AvgIpc) is 2.76. The molecule has 0 amide bonds. The third-order valence-corrected chi connectivity index (χ3v) is 5.07. The van der Waals surface area contributed by atoms with E-state index in [9.17, 15) is 14.7 Å². The van der Waals surface area contributed by atoms with E-state index in [0.717, 1.165) is 50.9 Å². The van der Waals surface area contributed by atoms with Crippen LogP contribution in [0.3, 0.4) is 0 Å². The SMILES string of the molecule is CCCCCCOC(=O)c1cccc(N(CC)CCC)c1C(=O)c1ccc(O)cc1. The smallest absolute Gasteiger partial charge is 0.338 e. The van der Waals surface area contributed by atoms with Gasteiger partial charge in [0.15, 0.2) is 5.78 Å². The molecule has 0 saturated heterocycles. The molecular weight excluding hydrogens is 378 g/mol. The summed E-state index contributed by atoms with van der Waals surface area (Å²) in [5, 5.41) is 9.57. The van der Waals surface area contributed by atoms with Gasteiger partial charge in [0.25, 0.3) is 0 Å². The predicted molar refractivity (Wildman–Crippen MR) is 121 cm³/mol. The zero-order chi connectivity index (χ0) is 21.9. The zero-order valence-corrected chi connectivity index (χ0v) is 18.3. The lowest BCUT2D eigenvalue weighted by molar-refractivity contribution is 0.0495. The molecule has 30 heavy (non-hydrogen) atoms. The highest BCUT2D eigenvalue weighted by molar-refractivity contribution is 6.17. The predicted octanol–water partition coefficient (Wildman–Crippen LogP) is 5.60. The molecule has 0 spiro atoms. The molecule has 0 aliphatic rings. The van der Waals surface area contributed by atoms with Crippen LogP contribution in [0, 0.1) is 0 Å². The van der Waals surface area contributed by atoms with Crippen molar-refractivity contribution in [3.05, 3.63) is 59.2 Å². The van der Waals surface area contributed by atoms with Gasteiger partial charge in [0.2, 0.25) is 0 Å². The number of benzene rings is 2. The summed E-state index contributed by atoms with van der Waals surface area (Å²) < 4.78 is 5.50. The Morgan fingerprint density at radius 1 is 0.933 bits per heavy atom. The molecule has 2 aromatic rings. The number of aromatic hydroxyl groups is 1. The molecule has 5 heteroatoms. The van der Waals surface area contributed by atoms with Gasteiger partial charge in [-0.1, -0.05) is 39.2 Å². The highest BCUT2D eigenvalue weighted by Gasteiger charge is 2.25. The van der Waals surface area contributed by atoms with E-state index >= 15 is 0 Å². The lowest BCUT2D eigenvalue weighted by Gasteiger charge is -2.26. The molecule has 0 aromatic heterocycles. The average molecular weight is 412 g/mol. The van der Waals surface area contributed by atoms with Gasteiger partial charge in [-0.2, -0.15) is 0 Å². The summed E-state index contributed by atoms with van der Waals surface area (Å²) in [7, 11) is 0.